The van der Waals surface area contributed by atoms with Crippen LogP contribution in [-0.4, -0.2) is 24.7 Å². The molecule has 6 heteroatoms. The van der Waals surface area contributed by atoms with Crippen molar-refractivity contribution in [2.45, 2.75) is 0 Å². The molecule has 1 aromatic carbocycles. The number of aromatic nitrogens is 5. The second kappa shape index (κ2) is 4.54. The first-order valence-electron chi connectivity index (χ1n) is 5.27. The van der Waals surface area contributed by atoms with Crippen LogP contribution in [0.15, 0.2) is 49.2 Å². The first-order valence-corrected chi connectivity index (χ1v) is 5.65. The van der Waals surface area contributed by atoms with Crippen LogP contribution in [0.2, 0.25) is 5.02 Å². The van der Waals surface area contributed by atoms with E-state index in [1.807, 2.05) is 12.1 Å². The standard InChI is InChI=1S/C12H8ClN5/c13-9-1-3-10(4-2-9)18-12(16-8-17-18)11-7-14-5-6-15-11/h1-8H. The largest absolute Gasteiger partial charge is 0.261 e. The van der Waals surface area contributed by atoms with E-state index in [9.17, 15) is 0 Å². The summed E-state index contributed by atoms with van der Waals surface area (Å²) in [5.74, 6) is 0.644. The third-order valence-corrected chi connectivity index (χ3v) is 2.66. The first kappa shape index (κ1) is 10.9. The maximum atomic E-state index is 5.86. The number of halogens is 1. The summed E-state index contributed by atoms with van der Waals surface area (Å²) in [6, 6.07) is 7.35. The normalized spacial score (nSPS) is 10.5. The van der Waals surface area contributed by atoms with Gasteiger partial charge in [-0.1, -0.05) is 11.6 Å². The third kappa shape index (κ3) is 1.96. The Morgan fingerprint density at radius 2 is 1.83 bits per heavy atom. The highest BCUT2D eigenvalue weighted by atomic mass is 35.5. The van der Waals surface area contributed by atoms with Gasteiger partial charge in [-0.3, -0.25) is 4.98 Å². The molecule has 2 heterocycles. The molecule has 0 aliphatic heterocycles. The highest BCUT2D eigenvalue weighted by Crippen LogP contribution is 2.18. The van der Waals surface area contributed by atoms with Crippen molar-refractivity contribution in [3.8, 4) is 17.2 Å². The molecule has 0 spiro atoms. The summed E-state index contributed by atoms with van der Waals surface area (Å²) >= 11 is 5.86. The molecule has 0 aliphatic carbocycles. The molecule has 0 amide bonds. The average Bonchev–Trinajstić information content (AvgIpc) is 2.90. The molecular weight excluding hydrogens is 250 g/mol. The molecule has 0 saturated carbocycles. The van der Waals surface area contributed by atoms with Crippen LogP contribution in [0.25, 0.3) is 17.2 Å². The van der Waals surface area contributed by atoms with Crippen molar-refractivity contribution in [3.05, 3.63) is 54.2 Å². The van der Waals surface area contributed by atoms with Crippen LogP contribution in [0.3, 0.4) is 0 Å². The molecular formula is C12H8ClN5. The van der Waals surface area contributed by atoms with Crippen LogP contribution in [0.5, 0.6) is 0 Å². The van der Waals surface area contributed by atoms with E-state index in [0.717, 1.165) is 5.69 Å². The van der Waals surface area contributed by atoms with Crippen molar-refractivity contribution in [3.63, 3.8) is 0 Å². The predicted molar refractivity (Wildman–Crippen MR) is 67.4 cm³/mol. The molecule has 3 aromatic rings. The topological polar surface area (TPSA) is 56.5 Å². The summed E-state index contributed by atoms with van der Waals surface area (Å²) in [6.07, 6.45) is 6.37. The molecule has 0 unspecified atom stereocenters. The smallest absolute Gasteiger partial charge is 0.183 e. The van der Waals surface area contributed by atoms with Crippen LogP contribution in [0.1, 0.15) is 0 Å². The second-order valence-electron chi connectivity index (χ2n) is 3.56. The summed E-state index contributed by atoms with van der Waals surface area (Å²) < 4.78 is 1.69. The maximum absolute atomic E-state index is 5.86. The number of hydrogen-bond donors (Lipinski definition) is 0. The van der Waals surface area contributed by atoms with Crippen molar-refractivity contribution < 1.29 is 0 Å². The minimum Gasteiger partial charge on any atom is -0.261 e. The highest BCUT2D eigenvalue weighted by molar-refractivity contribution is 6.30. The lowest BCUT2D eigenvalue weighted by atomic mass is 10.3. The Balaban J connectivity index is 2.10. The van der Waals surface area contributed by atoms with E-state index in [4.69, 9.17) is 11.6 Å². The van der Waals surface area contributed by atoms with Gasteiger partial charge >= 0.3 is 0 Å². The molecule has 3 rings (SSSR count). The van der Waals surface area contributed by atoms with Crippen LogP contribution >= 0.6 is 11.6 Å². The zero-order chi connectivity index (χ0) is 12.4. The fraction of sp³-hybridized carbons (Fsp3) is 0. The highest BCUT2D eigenvalue weighted by Gasteiger charge is 2.09. The summed E-state index contributed by atoms with van der Waals surface area (Å²) in [6.45, 7) is 0. The van der Waals surface area contributed by atoms with Crippen LogP contribution in [-0.2, 0) is 0 Å². The molecule has 2 aromatic heterocycles. The molecule has 0 fully saturated rings. The summed E-state index contributed by atoms with van der Waals surface area (Å²) in [5.41, 5.74) is 1.54. The van der Waals surface area contributed by atoms with Gasteiger partial charge in [-0.05, 0) is 24.3 Å². The Kier molecular flexibility index (Phi) is 2.74. The van der Waals surface area contributed by atoms with Gasteiger partial charge in [-0.15, -0.1) is 0 Å². The maximum Gasteiger partial charge on any atom is 0.183 e. The van der Waals surface area contributed by atoms with E-state index < -0.39 is 0 Å². The Labute approximate surface area is 108 Å². The summed E-state index contributed by atoms with van der Waals surface area (Å²) in [5, 5.41) is 4.87. The minimum absolute atomic E-state index is 0.644. The van der Waals surface area contributed by atoms with Crippen LogP contribution in [0.4, 0.5) is 0 Å². The number of benzene rings is 1. The lowest BCUT2D eigenvalue weighted by molar-refractivity contribution is 0.881. The number of hydrogen-bond acceptors (Lipinski definition) is 4. The molecule has 0 aliphatic rings. The van der Waals surface area contributed by atoms with Gasteiger partial charge in [0.1, 0.15) is 12.0 Å². The van der Waals surface area contributed by atoms with Crippen molar-refractivity contribution in [1.82, 2.24) is 24.7 Å². The number of rotatable bonds is 2. The van der Waals surface area contributed by atoms with Gasteiger partial charge in [-0.25, -0.2) is 14.6 Å². The summed E-state index contributed by atoms with van der Waals surface area (Å²) in [7, 11) is 0. The van der Waals surface area contributed by atoms with Gasteiger partial charge in [0.15, 0.2) is 5.82 Å². The van der Waals surface area contributed by atoms with E-state index in [1.54, 1.807) is 35.4 Å². The average molecular weight is 258 g/mol. The lowest BCUT2D eigenvalue weighted by Gasteiger charge is -2.04. The van der Waals surface area contributed by atoms with E-state index in [0.29, 0.717) is 16.5 Å². The van der Waals surface area contributed by atoms with E-state index >= 15 is 0 Å². The van der Waals surface area contributed by atoms with Gasteiger partial charge in [0.2, 0.25) is 0 Å². The van der Waals surface area contributed by atoms with Crippen molar-refractivity contribution >= 4 is 11.6 Å². The van der Waals surface area contributed by atoms with Crippen molar-refractivity contribution in [2.75, 3.05) is 0 Å². The fourth-order valence-electron chi connectivity index (χ4n) is 1.60. The molecule has 0 N–H and O–H groups in total. The Bertz CT molecular complexity index is 648. The van der Waals surface area contributed by atoms with Crippen LogP contribution < -0.4 is 0 Å². The van der Waals surface area contributed by atoms with Crippen molar-refractivity contribution in [1.29, 1.82) is 0 Å². The van der Waals surface area contributed by atoms with Gasteiger partial charge < -0.3 is 0 Å². The Hall–Kier alpha value is -2.27. The fourth-order valence-corrected chi connectivity index (χ4v) is 1.73. The lowest BCUT2D eigenvalue weighted by Crippen LogP contribution is -2.00. The van der Waals surface area contributed by atoms with Crippen LogP contribution in [0, 0.1) is 0 Å². The molecule has 0 saturated heterocycles. The van der Waals surface area contributed by atoms with E-state index in [2.05, 4.69) is 20.1 Å². The van der Waals surface area contributed by atoms with E-state index in [1.165, 1.54) is 6.33 Å². The molecule has 0 radical (unpaired) electrons. The van der Waals surface area contributed by atoms with Gasteiger partial charge in [-0.2, -0.15) is 5.10 Å². The first-order chi connectivity index (χ1) is 8.84. The molecule has 0 atom stereocenters. The third-order valence-electron chi connectivity index (χ3n) is 2.41. The minimum atomic E-state index is 0.644. The zero-order valence-electron chi connectivity index (χ0n) is 9.23. The van der Waals surface area contributed by atoms with Gasteiger partial charge in [0, 0.05) is 17.4 Å². The predicted octanol–water partition coefficient (Wildman–Crippen LogP) is 2.38. The molecule has 88 valence electrons. The monoisotopic (exact) mass is 257 g/mol. The zero-order valence-corrected chi connectivity index (χ0v) is 9.99. The molecule has 5 nitrogen and oxygen atoms in total. The van der Waals surface area contributed by atoms with Gasteiger partial charge in [0.25, 0.3) is 0 Å². The molecule has 0 bridgehead atoms. The SMILES string of the molecule is Clc1ccc(-n2ncnc2-c2cnccn2)cc1. The number of nitrogens with zero attached hydrogens (tertiary/aromatic N) is 5. The molecule has 18 heavy (non-hydrogen) atoms. The Morgan fingerprint density at radius 1 is 1.00 bits per heavy atom. The quantitative estimate of drug-likeness (QED) is 0.707. The summed E-state index contributed by atoms with van der Waals surface area (Å²) in [4.78, 5) is 12.4. The van der Waals surface area contributed by atoms with Crippen molar-refractivity contribution in [2.24, 2.45) is 0 Å². The van der Waals surface area contributed by atoms with Gasteiger partial charge in [0.05, 0.1) is 11.9 Å². The Morgan fingerprint density at radius 3 is 2.56 bits per heavy atom. The van der Waals surface area contributed by atoms with E-state index in [-0.39, 0.29) is 0 Å². The second-order valence-corrected chi connectivity index (χ2v) is 4.00.